The molecule has 1 atom stereocenters. The van der Waals surface area contributed by atoms with Gasteiger partial charge in [0.2, 0.25) is 5.13 Å². The number of aliphatic hydroxyl groups excluding tert-OH is 1. The third kappa shape index (κ3) is 5.78. The van der Waals surface area contributed by atoms with E-state index >= 15 is 0 Å². The molecule has 1 aromatic rings. The van der Waals surface area contributed by atoms with Crippen molar-refractivity contribution in [3.8, 4) is 0 Å². The predicted octanol–water partition coefficient (Wildman–Crippen LogP) is 2.95. The zero-order chi connectivity index (χ0) is 13.8. The van der Waals surface area contributed by atoms with Crippen molar-refractivity contribution in [2.75, 3.05) is 11.9 Å². The summed E-state index contributed by atoms with van der Waals surface area (Å²) in [5.41, 5.74) is 0.0536. The summed E-state index contributed by atoms with van der Waals surface area (Å²) in [7, 11) is 0. The Labute approximate surface area is 114 Å². The molecule has 1 aromatic heterocycles. The monoisotopic (exact) mass is 271 g/mol. The Bertz CT molecular complexity index is 361. The van der Waals surface area contributed by atoms with Crippen LogP contribution in [0.2, 0.25) is 0 Å². The number of anilines is 1. The van der Waals surface area contributed by atoms with Crippen LogP contribution in [0.4, 0.5) is 5.13 Å². The smallest absolute Gasteiger partial charge is 0.202 e. The van der Waals surface area contributed by atoms with Crippen LogP contribution in [-0.4, -0.2) is 27.1 Å². The van der Waals surface area contributed by atoms with Gasteiger partial charge in [0.05, 0.1) is 6.10 Å². The Hall–Kier alpha value is -0.680. The van der Waals surface area contributed by atoms with Crippen molar-refractivity contribution in [1.82, 2.24) is 9.36 Å². The second kappa shape index (κ2) is 6.48. The van der Waals surface area contributed by atoms with Gasteiger partial charge in [0, 0.05) is 24.5 Å². The van der Waals surface area contributed by atoms with Gasteiger partial charge in [-0.1, -0.05) is 27.7 Å². The lowest BCUT2D eigenvalue weighted by Gasteiger charge is -2.26. The van der Waals surface area contributed by atoms with Crippen molar-refractivity contribution in [2.24, 2.45) is 11.3 Å². The fourth-order valence-corrected chi connectivity index (χ4v) is 2.55. The van der Waals surface area contributed by atoms with Gasteiger partial charge in [-0.05, 0) is 24.7 Å². The number of aromatic nitrogens is 2. The fourth-order valence-electron chi connectivity index (χ4n) is 1.96. The van der Waals surface area contributed by atoms with Crippen molar-refractivity contribution < 1.29 is 5.11 Å². The molecule has 0 aliphatic rings. The number of nitrogens with zero attached hydrogens (tertiary/aromatic N) is 2. The summed E-state index contributed by atoms with van der Waals surface area (Å²) < 4.78 is 4.34. The van der Waals surface area contributed by atoms with Crippen LogP contribution in [-0.2, 0) is 6.42 Å². The lowest BCUT2D eigenvalue weighted by Crippen LogP contribution is -2.27. The summed E-state index contributed by atoms with van der Waals surface area (Å²) in [6, 6.07) is 0. The first-order chi connectivity index (χ1) is 8.28. The molecular weight excluding hydrogens is 246 g/mol. The minimum atomic E-state index is -0.271. The standard InChI is InChI=1S/C13H25N3OS/c1-9(2)6-11-15-12(18-16-11)14-8-13(4,5)7-10(3)17/h9-10,17H,6-8H2,1-5H3,(H,14,15,16). The zero-order valence-corrected chi connectivity index (χ0v) is 12.8. The van der Waals surface area contributed by atoms with Crippen LogP contribution in [0.5, 0.6) is 0 Å². The number of hydrogen-bond donors (Lipinski definition) is 2. The SMILES string of the molecule is CC(C)Cc1nsc(NCC(C)(C)CC(C)O)n1. The van der Waals surface area contributed by atoms with Crippen LogP contribution in [0.25, 0.3) is 0 Å². The largest absolute Gasteiger partial charge is 0.393 e. The van der Waals surface area contributed by atoms with E-state index in [-0.39, 0.29) is 11.5 Å². The molecular formula is C13H25N3OS. The molecule has 1 unspecified atom stereocenters. The molecule has 1 rings (SSSR count). The maximum Gasteiger partial charge on any atom is 0.202 e. The Morgan fingerprint density at radius 3 is 2.56 bits per heavy atom. The molecule has 1 heterocycles. The Kier molecular flexibility index (Phi) is 5.53. The molecule has 0 saturated carbocycles. The quantitative estimate of drug-likeness (QED) is 0.800. The Morgan fingerprint density at radius 1 is 1.33 bits per heavy atom. The molecule has 0 bridgehead atoms. The third-order valence-electron chi connectivity index (χ3n) is 2.63. The highest BCUT2D eigenvalue weighted by Crippen LogP contribution is 2.24. The Balaban J connectivity index is 2.45. The highest BCUT2D eigenvalue weighted by molar-refractivity contribution is 7.09. The molecule has 104 valence electrons. The van der Waals surface area contributed by atoms with Crippen molar-refractivity contribution in [1.29, 1.82) is 0 Å². The molecule has 0 amide bonds. The highest BCUT2D eigenvalue weighted by Gasteiger charge is 2.20. The molecule has 0 fully saturated rings. The number of rotatable bonds is 7. The van der Waals surface area contributed by atoms with E-state index in [0.29, 0.717) is 5.92 Å². The van der Waals surface area contributed by atoms with Crippen molar-refractivity contribution in [2.45, 2.75) is 53.6 Å². The minimum Gasteiger partial charge on any atom is -0.393 e. The van der Waals surface area contributed by atoms with Gasteiger partial charge in [0.25, 0.3) is 0 Å². The van der Waals surface area contributed by atoms with E-state index in [2.05, 4.69) is 42.4 Å². The van der Waals surface area contributed by atoms with E-state index in [9.17, 15) is 5.11 Å². The summed E-state index contributed by atoms with van der Waals surface area (Å²) in [5, 5.41) is 13.6. The van der Waals surface area contributed by atoms with Crippen molar-refractivity contribution >= 4 is 16.7 Å². The van der Waals surface area contributed by atoms with Crippen LogP contribution in [0, 0.1) is 11.3 Å². The van der Waals surface area contributed by atoms with Crippen LogP contribution >= 0.6 is 11.5 Å². The number of nitrogens with one attached hydrogen (secondary N) is 1. The highest BCUT2D eigenvalue weighted by atomic mass is 32.1. The summed E-state index contributed by atoms with van der Waals surface area (Å²) in [4.78, 5) is 4.47. The van der Waals surface area contributed by atoms with Gasteiger partial charge in [-0.25, -0.2) is 4.98 Å². The van der Waals surface area contributed by atoms with Crippen LogP contribution in [0.3, 0.4) is 0 Å². The van der Waals surface area contributed by atoms with Crippen LogP contribution in [0.15, 0.2) is 0 Å². The predicted molar refractivity (Wildman–Crippen MR) is 77.0 cm³/mol. The number of hydrogen-bond acceptors (Lipinski definition) is 5. The molecule has 18 heavy (non-hydrogen) atoms. The lowest BCUT2D eigenvalue weighted by atomic mass is 9.87. The Morgan fingerprint density at radius 2 is 2.00 bits per heavy atom. The van der Waals surface area contributed by atoms with E-state index in [0.717, 1.165) is 30.3 Å². The van der Waals surface area contributed by atoms with Crippen LogP contribution < -0.4 is 5.32 Å². The van der Waals surface area contributed by atoms with Gasteiger partial charge < -0.3 is 10.4 Å². The summed E-state index contributed by atoms with van der Waals surface area (Å²) >= 11 is 1.42. The summed E-state index contributed by atoms with van der Waals surface area (Å²) in [5.74, 6) is 1.50. The van der Waals surface area contributed by atoms with Gasteiger partial charge in [0.1, 0.15) is 5.82 Å². The average molecular weight is 271 g/mol. The lowest BCUT2D eigenvalue weighted by molar-refractivity contribution is 0.135. The van der Waals surface area contributed by atoms with E-state index in [4.69, 9.17) is 0 Å². The molecule has 4 nitrogen and oxygen atoms in total. The van der Waals surface area contributed by atoms with Crippen molar-refractivity contribution in [3.05, 3.63) is 5.82 Å². The normalized spacial score (nSPS) is 13.9. The zero-order valence-electron chi connectivity index (χ0n) is 12.0. The molecule has 0 spiro atoms. The molecule has 0 aliphatic heterocycles. The van der Waals surface area contributed by atoms with E-state index < -0.39 is 0 Å². The van der Waals surface area contributed by atoms with Gasteiger partial charge in [-0.15, -0.1) is 0 Å². The molecule has 5 heteroatoms. The van der Waals surface area contributed by atoms with E-state index in [1.807, 2.05) is 6.92 Å². The maximum atomic E-state index is 9.44. The van der Waals surface area contributed by atoms with Gasteiger partial charge >= 0.3 is 0 Å². The first-order valence-corrected chi connectivity index (χ1v) is 7.30. The van der Waals surface area contributed by atoms with E-state index in [1.54, 1.807) is 0 Å². The molecule has 0 aliphatic carbocycles. The minimum absolute atomic E-state index is 0.0536. The molecule has 0 saturated heterocycles. The maximum absolute atomic E-state index is 9.44. The second-order valence-corrected chi connectivity index (χ2v) is 6.94. The topological polar surface area (TPSA) is 58.0 Å². The molecule has 0 aromatic carbocycles. The molecule has 0 radical (unpaired) electrons. The summed E-state index contributed by atoms with van der Waals surface area (Å²) in [6.07, 6.45) is 1.43. The van der Waals surface area contributed by atoms with Gasteiger partial charge in [-0.3, -0.25) is 0 Å². The van der Waals surface area contributed by atoms with Crippen LogP contribution in [0.1, 0.15) is 46.9 Å². The average Bonchev–Trinajstić information content (AvgIpc) is 2.60. The van der Waals surface area contributed by atoms with Gasteiger partial charge in [-0.2, -0.15) is 4.37 Å². The van der Waals surface area contributed by atoms with E-state index in [1.165, 1.54) is 11.5 Å². The number of aliphatic hydroxyl groups is 1. The fraction of sp³-hybridized carbons (Fsp3) is 0.846. The van der Waals surface area contributed by atoms with Crippen molar-refractivity contribution in [3.63, 3.8) is 0 Å². The second-order valence-electron chi connectivity index (χ2n) is 6.18. The first-order valence-electron chi connectivity index (χ1n) is 6.53. The van der Waals surface area contributed by atoms with Gasteiger partial charge in [0.15, 0.2) is 0 Å². The third-order valence-corrected chi connectivity index (χ3v) is 3.34. The summed E-state index contributed by atoms with van der Waals surface area (Å²) in [6.45, 7) is 11.2. The first kappa shape index (κ1) is 15.4. The molecule has 2 N–H and O–H groups in total.